The molecule has 2 aliphatic heterocycles. The van der Waals surface area contributed by atoms with Crippen molar-refractivity contribution in [1.82, 2.24) is 0 Å². The first-order valence-electron chi connectivity index (χ1n) is 6.25. The van der Waals surface area contributed by atoms with Gasteiger partial charge < -0.3 is 9.47 Å². The SMILES string of the molecule is CC(=O)O[C@@H]1C[C@]2(O1)C(=O)N(C(C)=O)c1ccccc12. The van der Waals surface area contributed by atoms with E-state index in [1.807, 2.05) is 0 Å². The minimum atomic E-state index is -1.19. The Bertz CT molecular complexity index is 618. The number of hydrogen-bond donors (Lipinski definition) is 0. The van der Waals surface area contributed by atoms with Crippen LogP contribution in [0.2, 0.25) is 0 Å². The van der Waals surface area contributed by atoms with Crippen molar-refractivity contribution in [3.05, 3.63) is 29.8 Å². The lowest BCUT2D eigenvalue weighted by atomic mass is 9.87. The molecular formula is C14H13NO5. The van der Waals surface area contributed by atoms with Gasteiger partial charge in [0.25, 0.3) is 5.91 Å². The lowest BCUT2D eigenvalue weighted by molar-refractivity contribution is -0.288. The van der Waals surface area contributed by atoms with Gasteiger partial charge >= 0.3 is 5.97 Å². The molecule has 0 unspecified atom stereocenters. The monoisotopic (exact) mass is 275 g/mol. The Morgan fingerprint density at radius 2 is 2.00 bits per heavy atom. The Balaban J connectivity index is 1.96. The number of fused-ring (bicyclic) bond motifs is 2. The number of anilines is 1. The molecule has 1 aromatic rings. The van der Waals surface area contributed by atoms with Crippen LogP contribution in [0.4, 0.5) is 5.69 Å². The van der Waals surface area contributed by atoms with Crippen molar-refractivity contribution in [3.63, 3.8) is 0 Å². The number of ether oxygens (including phenoxy) is 2. The zero-order valence-electron chi connectivity index (χ0n) is 11.1. The van der Waals surface area contributed by atoms with E-state index in [0.29, 0.717) is 11.3 Å². The first-order chi connectivity index (χ1) is 9.45. The second-order valence-corrected chi connectivity index (χ2v) is 4.86. The van der Waals surface area contributed by atoms with Crippen LogP contribution in [-0.4, -0.2) is 24.1 Å². The third-order valence-electron chi connectivity index (χ3n) is 3.53. The normalized spacial score (nSPS) is 27.2. The zero-order valence-corrected chi connectivity index (χ0v) is 11.1. The van der Waals surface area contributed by atoms with Crippen LogP contribution >= 0.6 is 0 Å². The summed E-state index contributed by atoms with van der Waals surface area (Å²) in [6.45, 7) is 2.61. The minimum absolute atomic E-state index is 0.228. The van der Waals surface area contributed by atoms with Gasteiger partial charge in [-0.05, 0) is 6.07 Å². The minimum Gasteiger partial charge on any atom is -0.436 e. The lowest BCUT2D eigenvalue weighted by Crippen LogP contribution is -2.56. The number of para-hydroxylation sites is 1. The van der Waals surface area contributed by atoms with Gasteiger partial charge in [-0.1, -0.05) is 18.2 Å². The van der Waals surface area contributed by atoms with Gasteiger partial charge in [0, 0.05) is 19.4 Å². The molecule has 0 radical (unpaired) electrons. The van der Waals surface area contributed by atoms with Crippen molar-refractivity contribution in [3.8, 4) is 0 Å². The molecule has 1 aromatic carbocycles. The summed E-state index contributed by atoms with van der Waals surface area (Å²) in [6.07, 6.45) is -0.511. The summed E-state index contributed by atoms with van der Waals surface area (Å²) in [5.74, 6) is -1.25. The molecule has 0 N–H and O–H groups in total. The number of rotatable bonds is 1. The van der Waals surface area contributed by atoms with E-state index in [-0.39, 0.29) is 12.3 Å². The van der Waals surface area contributed by atoms with Crippen LogP contribution in [0.1, 0.15) is 25.8 Å². The Morgan fingerprint density at radius 3 is 2.60 bits per heavy atom. The summed E-state index contributed by atoms with van der Waals surface area (Å²) in [5.41, 5.74) is -0.0163. The Hall–Kier alpha value is -2.21. The summed E-state index contributed by atoms with van der Waals surface area (Å²) in [5, 5.41) is 0. The smallest absolute Gasteiger partial charge is 0.304 e. The van der Waals surface area contributed by atoms with E-state index in [0.717, 1.165) is 4.90 Å². The molecule has 6 heteroatoms. The molecule has 3 rings (SSSR count). The maximum Gasteiger partial charge on any atom is 0.304 e. The molecule has 2 heterocycles. The average Bonchev–Trinajstić information content (AvgIpc) is 2.58. The fraction of sp³-hybridized carbons (Fsp3) is 0.357. The molecule has 0 aromatic heterocycles. The van der Waals surface area contributed by atoms with Gasteiger partial charge in [-0.15, -0.1) is 0 Å². The topological polar surface area (TPSA) is 72.9 Å². The second kappa shape index (κ2) is 4.14. The predicted octanol–water partition coefficient (Wildman–Crippen LogP) is 1.08. The quantitative estimate of drug-likeness (QED) is 0.717. The first-order valence-corrected chi connectivity index (χ1v) is 6.25. The molecule has 2 atom stereocenters. The zero-order chi connectivity index (χ0) is 14.5. The summed E-state index contributed by atoms with van der Waals surface area (Å²) in [6, 6.07) is 6.98. The molecule has 1 fully saturated rings. The van der Waals surface area contributed by atoms with Gasteiger partial charge in [0.05, 0.1) is 12.1 Å². The van der Waals surface area contributed by atoms with Crippen molar-refractivity contribution in [1.29, 1.82) is 0 Å². The number of imide groups is 1. The van der Waals surface area contributed by atoms with Crippen molar-refractivity contribution in [2.75, 3.05) is 4.90 Å². The number of nitrogens with zero attached hydrogens (tertiary/aromatic N) is 1. The average molecular weight is 275 g/mol. The highest BCUT2D eigenvalue weighted by molar-refractivity contribution is 6.22. The summed E-state index contributed by atoms with van der Waals surface area (Å²) in [4.78, 5) is 36.2. The number of carbonyl (C=O) groups is 3. The maximum absolute atomic E-state index is 12.5. The third-order valence-corrected chi connectivity index (χ3v) is 3.53. The molecular weight excluding hydrogens is 262 g/mol. The van der Waals surface area contributed by atoms with Gasteiger partial charge in [0.1, 0.15) is 0 Å². The van der Waals surface area contributed by atoms with Crippen molar-refractivity contribution in [2.24, 2.45) is 0 Å². The number of amides is 2. The summed E-state index contributed by atoms with van der Waals surface area (Å²) in [7, 11) is 0. The molecule has 2 amide bonds. The van der Waals surface area contributed by atoms with Crippen LogP contribution in [0.15, 0.2) is 24.3 Å². The molecule has 0 bridgehead atoms. The fourth-order valence-corrected chi connectivity index (χ4v) is 2.74. The number of hydrogen-bond acceptors (Lipinski definition) is 5. The van der Waals surface area contributed by atoms with E-state index in [4.69, 9.17) is 9.47 Å². The largest absolute Gasteiger partial charge is 0.436 e. The summed E-state index contributed by atoms with van der Waals surface area (Å²) >= 11 is 0. The highest BCUT2D eigenvalue weighted by Crippen LogP contribution is 2.52. The van der Waals surface area contributed by atoms with Gasteiger partial charge in [-0.3, -0.25) is 14.4 Å². The lowest BCUT2D eigenvalue weighted by Gasteiger charge is -2.42. The third kappa shape index (κ3) is 1.58. The van der Waals surface area contributed by atoms with Crippen molar-refractivity contribution >= 4 is 23.5 Å². The van der Waals surface area contributed by atoms with E-state index >= 15 is 0 Å². The van der Waals surface area contributed by atoms with Crippen LogP contribution in [0.25, 0.3) is 0 Å². The van der Waals surface area contributed by atoms with Gasteiger partial charge in [0.15, 0.2) is 5.60 Å². The molecule has 20 heavy (non-hydrogen) atoms. The van der Waals surface area contributed by atoms with E-state index in [1.165, 1.54) is 13.8 Å². The number of carbonyl (C=O) groups excluding carboxylic acids is 3. The van der Waals surface area contributed by atoms with Crippen molar-refractivity contribution < 1.29 is 23.9 Å². The van der Waals surface area contributed by atoms with E-state index in [9.17, 15) is 14.4 Å². The highest BCUT2D eigenvalue weighted by Gasteiger charge is 2.62. The molecule has 104 valence electrons. The van der Waals surface area contributed by atoms with Crippen LogP contribution in [0.3, 0.4) is 0 Å². The molecule has 0 aliphatic carbocycles. The number of esters is 1. The van der Waals surface area contributed by atoms with Crippen LogP contribution in [0.5, 0.6) is 0 Å². The first kappa shape index (κ1) is 12.8. The van der Waals surface area contributed by atoms with E-state index in [1.54, 1.807) is 24.3 Å². The molecule has 1 spiro atoms. The maximum atomic E-state index is 12.5. The molecule has 2 aliphatic rings. The summed E-state index contributed by atoms with van der Waals surface area (Å²) < 4.78 is 10.4. The van der Waals surface area contributed by atoms with Gasteiger partial charge in [-0.25, -0.2) is 4.90 Å². The second-order valence-electron chi connectivity index (χ2n) is 4.86. The predicted molar refractivity (Wildman–Crippen MR) is 67.5 cm³/mol. The molecule has 0 saturated carbocycles. The Morgan fingerprint density at radius 1 is 1.35 bits per heavy atom. The van der Waals surface area contributed by atoms with Crippen LogP contribution in [0, 0.1) is 0 Å². The number of benzene rings is 1. The Kier molecular flexibility index (Phi) is 2.65. The van der Waals surface area contributed by atoms with Gasteiger partial charge in [0.2, 0.25) is 12.2 Å². The highest BCUT2D eigenvalue weighted by atomic mass is 16.7. The fourth-order valence-electron chi connectivity index (χ4n) is 2.74. The van der Waals surface area contributed by atoms with E-state index < -0.39 is 23.8 Å². The molecule has 6 nitrogen and oxygen atoms in total. The Labute approximate surface area is 115 Å². The van der Waals surface area contributed by atoms with Crippen LogP contribution in [-0.2, 0) is 29.5 Å². The van der Waals surface area contributed by atoms with Crippen molar-refractivity contribution in [2.45, 2.75) is 32.2 Å². The van der Waals surface area contributed by atoms with E-state index in [2.05, 4.69) is 0 Å². The standard InChI is InChI=1S/C14H13NO5/c1-8(16)15-11-6-4-3-5-10(11)14(13(15)18)7-12(20-14)19-9(2)17/h3-6,12H,7H2,1-2H3/t12-,14+/m0/s1. The van der Waals surface area contributed by atoms with Gasteiger partial charge in [-0.2, -0.15) is 0 Å². The van der Waals surface area contributed by atoms with Crippen LogP contribution < -0.4 is 4.90 Å². The molecule has 1 saturated heterocycles.